The number of aromatic nitrogens is 3. The summed E-state index contributed by atoms with van der Waals surface area (Å²) in [5.41, 5.74) is 2.90. The van der Waals surface area contributed by atoms with Gasteiger partial charge in [-0.2, -0.15) is 5.10 Å². The summed E-state index contributed by atoms with van der Waals surface area (Å²) in [7, 11) is 1.88. The van der Waals surface area contributed by atoms with Crippen LogP contribution < -0.4 is 5.32 Å². The van der Waals surface area contributed by atoms with Gasteiger partial charge in [-0.15, -0.1) is 22.7 Å². The molecule has 120 valence electrons. The van der Waals surface area contributed by atoms with Crippen LogP contribution in [0.5, 0.6) is 0 Å². The molecule has 0 radical (unpaired) electrons. The third-order valence-electron chi connectivity index (χ3n) is 3.31. The summed E-state index contributed by atoms with van der Waals surface area (Å²) in [6.45, 7) is 1.95. The Bertz CT molecular complexity index is 836. The van der Waals surface area contributed by atoms with Crippen LogP contribution in [0.3, 0.4) is 0 Å². The third-order valence-corrected chi connectivity index (χ3v) is 5.32. The average molecular weight is 367 g/mol. The second-order valence-electron chi connectivity index (χ2n) is 5.10. The Hall–Kier alpha value is -1.70. The topological polar surface area (TPSA) is 59.8 Å². The quantitative estimate of drug-likeness (QED) is 0.738. The number of carbonyl (C=O) groups is 1. The lowest BCUT2D eigenvalue weighted by atomic mass is 10.1. The monoisotopic (exact) mass is 366 g/mol. The molecule has 1 amide bonds. The van der Waals surface area contributed by atoms with Crippen molar-refractivity contribution in [2.75, 3.05) is 5.32 Å². The van der Waals surface area contributed by atoms with Gasteiger partial charge in [0, 0.05) is 25.0 Å². The molecular weight excluding hydrogens is 352 g/mol. The number of amides is 1. The van der Waals surface area contributed by atoms with E-state index in [4.69, 9.17) is 11.6 Å². The number of thiazole rings is 1. The van der Waals surface area contributed by atoms with Crippen molar-refractivity contribution in [3.63, 3.8) is 0 Å². The van der Waals surface area contributed by atoms with Crippen molar-refractivity contribution in [1.29, 1.82) is 0 Å². The van der Waals surface area contributed by atoms with Gasteiger partial charge in [0.15, 0.2) is 5.13 Å². The van der Waals surface area contributed by atoms with Gasteiger partial charge >= 0.3 is 0 Å². The number of rotatable bonds is 5. The Morgan fingerprint density at radius 3 is 2.91 bits per heavy atom. The molecule has 1 N–H and O–H groups in total. The van der Waals surface area contributed by atoms with Crippen LogP contribution >= 0.6 is 34.3 Å². The number of hydrogen-bond donors (Lipinski definition) is 1. The molecule has 3 rings (SSSR count). The molecule has 23 heavy (non-hydrogen) atoms. The fourth-order valence-electron chi connectivity index (χ4n) is 2.22. The van der Waals surface area contributed by atoms with Gasteiger partial charge in [-0.25, -0.2) is 4.98 Å². The summed E-state index contributed by atoms with van der Waals surface area (Å²) in [5.74, 6) is -0.0432. The molecule has 0 atom stereocenters. The molecule has 0 unspecified atom stereocenters. The largest absolute Gasteiger partial charge is 0.302 e. The minimum Gasteiger partial charge on any atom is -0.302 e. The molecular formula is C15H15ClN4OS2. The van der Waals surface area contributed by atoms with Crippen LogP contribution in [-0.4, -0.2) is 20.7 Å². The number of carbonyl (C=O) groups excluding carboxylic acids is 1. The molecule has 0 aliphatic carbocycles. The van der Waals surface area contributed by atoms with Crippen molar-refractivity contribution >= 4 is 45.3 Å². The lowest BCUT2D eigenvalue weighted by Crippen LogP contribution is -2.12. The highest BCUT2D eigenvalue weighted by Gasteiger charge is 2.11. The van der Waals surface area contributed by atoms with E-state index in [0.29, 0.717) is 18.0 Å². The van der Waals surface area contributed by atoms with E-state index >= 15 is 0 Å². The molecule has 3 heterocycles. The maximum absolute atomic E-state index is 12.1. The molecule has 0 fully saturated rings. The summed E-state index contributed by atoms with van der Waals surface area (Å²) in [4.78, 5) is 17.5. The van der Waals surface area contributed by atoms with Crippen molar-refractivity contribution in [3.8, 4) is 10.6 Å². The molecule has 8 heteroatoms. The van der Waals surface area contributed by atoms with Crippen LogP contribution in [0, 0.1) is 6.92 Å². The molecule has 0 bridgehead atoms. The molecule has 5 nitrogen and oxygen atoms in total. The normalized spacial score (nSPS) is 10.9. The van der Waals surface area contributed by atoms with Gasteiger partial charge in [0.2, 0.25) is 5.91 Å². The standard InChI is InChI=1S/C15H15ClN4OS2/c1-9-10(7-20(2)19-9)3-6-14(21)18-15-17-11(8-22-15)12-4-5-13(16)23-12/h4-5,7-8H,3,6H2,1-2H3,(H,17,18,21). The zero-order chi connectivity index (χ0) is 16.4. The number of halogens is 1. The molecule has 0 aliphatic heterocycles. The second kappa shape index (κ2) is 6.82. The van der Waals surface area contributed by atoms with E-state index in [9.17, 15) is 4.79 Å². The first-order valence-corrected chi connectivity index (χ1v) is 9.09. The Morgan fingerprint density at radius 2 is 2.26 bits per heavy atom. The molecule has 3 aromatic rings. The summed E-state index contributed by atoms with van der Waals surface area (Å²) in [6, 6.07) is 3.77. The van der Waals surface area contributed by atoms with Crippen LogP contribution in [0.15, 0.2) is 23.7 Å². The lowest BCUT2D eigenvalue weighted by molar-refractivity contribution is -0.116. The summed E-state index contributed by atoms with van der Waals surface area (Å²) < 4.78 is 2.49. The van der Waals surface area contributed by atoms with E-state index in [1.54, 1.807) is 4.68 Å². The fourth-order valence-corrected chi connectivity index (χ4v) is 4.03. The predicted octanol–water partition coefficient (Wildman–Crippen LogP) is 4.14. The predicted molar refractivity (Wildman–Crippen MR) is 95.3 cm³/mol. The highest BCUT2D eigenvalue weighted by atomic mass is 35.5. The number of hydrogen-bond acceptors (Lipinski definition) is 5. The summed E-state index contributed by atoms with van der Waals surface area (Å²) >= 11 is 8.82. The van der Waals surface area contributed by atoms with Gasteiger partial charge in [-0.05, 0) is 31.0 Å². The first-order chi connectivity index (χ1) is 11.0. The average Bonchev–Trinajstić information content (AvgIpc) is 3.18. The molecule has 0 saturated heterocycles. The van der Waals surface area contributed by atoms with Crippen LogP contribution in [0.1, 0.15) is 17.7 Å². The van der Waals surface area contributed by atoms with Crippen molar-refractivity contribution in [2.24, 2.45) is 7.05 Å². The SMILES string of the molecule is Cc1nn(C)cc1CCC(=O)Nc1nc(-c2ccc(Cl)s2)cs1. The van der Waals surface area contributed by atoms with Crippen molar-refractivity contribution in [1.82, 2.24) is 14.8 Å². The Morgan fingerprint density at radius 1 is 1.43 bits per heavy atom. The molecule has 0 spiro atoms. The summed E-state index contributed by atoms with van der Waals surface area (Å²) in [5, 5.41) is 9.65. The number of nitrogens with zero attached hydrogens (tertiary/aromatic N) is 3. The maximum atomic E-state index is 12.1. The Labute approximate surface area is 146 Å². The van der Waals surface area contributed by atoms with E-state index in [2.05, 4.69) is 15.4 Å². The highest BCUT2D eigenvalue weighted by Crippen LogP contribution is 2.32. The zero-order valence-corrected chi connectivity index (χ0v) is 15.1. The van der Waals surface area contributed by atoms with Crippen molar-refractivity contribution < 1.29 is 4.79 Å². The third kappa shape index (κ3) is 3.99. The van der Waals surface area contributed by atoms with E-state index in [0.717, 1.165) is 26.2 Å². The minimum atomic E-state index is -0.0432. The van der Waals surface area contributed by atoms with Gasteiger partial charge in [-0.1, -0.05) is 11.6 Å². The lowest BCUT2D eigenvalue weighted by Gasteiger charge is -2.01. The Kier molecular flexibility index (Phi) is 4.79. The van der Waals surface area contributed by atoms with Gasteiger partial charge in [-0.3, -0.25) is 9.48 Å². The smallest absolute Gasteiger partial charge is 0.226 e. The molecule has 3 aromatic heterocycles. The number of nitrogens with one attached hydrogen (secondary N) is 1. The van der Waals surface area contributed by atoms with E-state index in [1.165, 1.54) is 22.7 Å². The van der Waals surface area contributed by atoms with Crippen LogP contribution in [0.4, 0.5) is 5.13 Å². The molecule has 0 aliphatic rings. The molecule has 0 saturated carbocycles. The minimum absolute atomic E-state index is 0.0432. The van der Waals surface area contributed by atoms with Gasteiger partial charge in [0.05, 0.1) is 20.6 Å². The van der Waals surface area contributed by atoms with E-state index in [-0.39, 0.29) is 5.91 Å². The number of anilines is 1. The van der Waals surface area contributed by atoms with Crippen LogP contribution in [-0.2, 0) is 18.3 Å². The van der Waals surface area contributed by atoms with Gasteiger partial charge in [0.1, 0.15) is 0 Å². The van der Waals surface area contributed by atoms with Crippen molar-refractivity contribution in [3.05, 3.63) is 39.3 Å². The fraction of sp³-hybridized carbons (Fsp3) is 0.267. The highest BCUT2D eigenvalue weighted by molar-refractivity contribution is 7.20. The van der Waals surface area contributed by atoms with Gasteiger partial charge < -0.3 is 5.32 Å². The maximum Gasteiger partial charge on any atom is 0.226 e. The second-order valence-corrected chi connectivity index (χ2v) is 7.68. The molecule has 0 aromatic carbocycles. The Balaban J connectivity index is 1.58. The number of thiophene rings is 1. The van der Waals surface area contributed by atoms with Crippen molar-refractivity contribution in [2.45, 2.75) is 19.8 Å². The van der Waals surface area contributed by atoms with Gasteiger partial charge in [0.25, 0.3) is 0 Å². The van der Waals surface area contributed by atoms with Crippen LogP contribution in [0.25, 0.3) is 10.6 Å². The zero-order valence-electron chi connectivity index (χ0n) is 12.7. The van der Waals surface area contributed by atoms with E-state index in [1.807, 2.05) is 37.7 Å². The van der Waals surface area contributed by atoms with Crippen LogP contribution in [0.2, 0.25) is 4.34 Å². The summed E-state index contributed by atoms with van der Waals surface area (Å²) in [6.07, 6.45) is 3.03. The van der Waals surface area contributed by atoms with E-state index < -0.39 is 0 Å². The first kappa shape index (κ1) is 16.2. The number of aryl methyl sites for hydroxylation is 3. The first-order valence-electron chi connectivity index (χ1n) is 7.01.